The van der Waals surface area contributed by atoms with Crippen LogP contribution in [0.1, 0.15) is 25.7 Å². The molecule has 17 heavy (non-hydrogen) atoms. The van der Waals surface area contributed by atoms with Crippen LogP contribution in [0.3, 0.4) is 0 Å². The van der Waals surface area contributed by atoms with E-state index in [-0.39, 0.29) is 0 Å². The fourth-order valence-electron chi connectivity index (χ4n) is 2.84. The van der Waals surface area contributed by atoms with Crippen molar-refractivity contribution in [3.05, 3.63) is 0 Å². The highest BCUT2D eigenvalue weighted by molar-refractivity contribution is 4.86. The Morgan fingerprint density at radius 1 is 1.12 bits per heavy atom. The summed E-state index contributed by atoms with van der Waals surface area (Å²) in [5.74, 6) is 0.675. The first-order chi connectivity index (χ1) is 8.33. The number of rotatable bonds is 9. The zero-order chi connectivity index (χ0) is 12.5. The largest absolute Gasteiger partial charge is 0.385 e. The van der Waals surface area contributed by atoms with Crippen LogP contribution in [-0.4, -0.2) is 58.0 Å². The number of hydrogen-bond acceptors (Lipinski definition) is 4. The Hall–Kier alpha value is -0.160. The van der Waals surface area contributed by atoms with Crippen molar-refractivity contribution < 1.29 is 9.47 Å². The molecule has 0 aromatic carbocycles. The van der Waals surface area contributed by atoms with Crippen molar-refractivity contribution in [2.24, 2.45) is 11.7 Å². The van der Waals surface area contributed by atoms with Crippen LogP contribution < -0.4 is 5.73 Å². The van der Waals surface area contributed by atoms with Gasteiger partial charge in [0.05, 0.1) is 6.61 Å². The minimum atomic E-state index is 0.659. The summed E-state index contributed by atoms with van der Waals surface area (Å²) in [5.41, 5.74) is 5.86. The molecule has 1 fully saturated rings. The maximum atomic E-state index is 5.86. The molecule has 1 rings (SSSR count). The van der Waals surface area contributed by atoms with Gasteiger partial charge in [0.1, 0.15) is 0 Å². The van der Waals surface area contributed by atoms with E-state index in [1.165, 1.54) is 19.3 Å². The summed E-state index contributed by atoms with van der Waals surface area (Å²) >= 11 is 0. The van der Waals surface area contributed by atoms with E-state index >= 15 is 0 Å². The second-order valence-corrected chi connectivity index (χ2v) is 4.87. The molecule has 0 radical (unpaired) electrons. The van der Waals surface area contributed by atoms with E-state index in [1.807, 2.05) is 0 Å². The van der Waals surface area contributed by atoms with Gasteiger partial charge < -0.3 is 15.2 Å². The predicted molar refractivity (Wildman–Crippen MR) is 70.1 cm³/mol. The maximum absolute atomic E-state index is 5.86. The molecular formula is C13H28N2O2. The highest BCUT2D eigenvalue weighted by Gasteiger charge is 2.30. The van der Waals surface area contributed by atoms with E-state index < -0.39 is 0 Å². The van der Waals surface area contributed by atoms with Gasteiger partial charge in [0.25, 0.3) is 0 Å². The van der Waals surface area contributed by atoms with E-state index in [2.05, 4.69) is 4.90 Å². The summed E-state index contributed by atoms with van der Waals surface area (Å²) in [4.78, 5) is 2.55. The monoisotopic (exact) mass is 244 g/mol. The summed E-state index contributed by atoms with van der Waals surface area (Å²) in [7, 11) is 3.53. The van der Waals surface area contributed by atoms with Crippen LogP contribution in [0.15, 0.2) is 0 Å². The summed E-state index contributed by atoms with van der Waals surface area (Å²) in [5, 5.41) is 0. The molecule has 0 aromatic heterocycles. The number of hydrogen-bond donors (Lipinski definition) is 1. The molecule has 2 unspecified atom stereocenters. The van der Waals surface area contributed by atoms with Crippen LogP contribution in [0.2, 0.25) is 0 Å². The van der Waals surface area contributed by atoms with Gasteiger partial charge in [0, 0.05) is 40.0 Å². The van der Waals surface area contributed by atoms with Gasteiger partial charge in [-0.1, -0.05) is 6.42 Å². The summed E-state index contributed by atoms with van der Waals surface area (Å²) in [6.07, 6.45) is 4.99. The van der Waals surface area contributed by atoms with Gasteiger partial charge in [-0.3, -0.25) is 4.90 Å². The Kier molecular flexibility index (Phi) is 7.77. The second kappa shape index (κ2) is 8.86. The third kappa shape index (κ3) is 4.92. The Bertz CT molecular complexity index is 190. The topological polar surface area (TPSA) is 47.7 Å². The van der Waals surface area contributed by atoms with E-state index in [0.29, 0.717) is 12.0 Å². The van der Waals surface area contributed by atoms with Crippen LogP contribution >= 0.6 is 0 Å². The van der Waals surface area contributed by atoms with Gasteiger partial charge >= 0.3 is 0 Å². The Balaban J connectivity index is 2.42. The zero-order valence-electron chi connectivity index (χ0n) is 11.4. The SMILES string of the molecule is COCCCN(CCOC)C1CCCC1CN. The first-order valence-electron chi connectivity index (χ1n) is 6.75. The normalized spacial score (nSPS) is 24.7. The molecule has 4 nitrogen and oxygen atoms in total. The molecule has 102 valence electrons. The first kappa shape index (κ1) is 14.9. The maximum Gasteiger partial charge on any atom is 0.0589 e. The van der Waals surface area contributed by atoms with E-state index in [9.17, 15) is 0 Å². The number of ether oxygens (including phenoxy) is 2. The van der Waals surface area contributed by atoms with Crippen LogP contribution in [0.4, 0.5) is 0 Å². The lowest BCUT2D eigenvalue weighted by Gasteiger charge is -2.32. The average molecular weight is 244 g/mol. The number of nitrogens with two attached hydrogens (primary N) is 1. The molecule has 1 saturated carbocycles. The fraction of sp³-hybridized carbons (Fsp3) is 1.00. The number of nitrogens with zero attached hydrogens (tertiary/aromatic N) is 1. The van der Waals surface area contributed by atoms with Gasteiger partial charge in [-0.15, -0.1) is 0 Å². The van der Waals surface area contributed by atoms with Crippen molar-refractivity contribution in [1.29, 1.82) is 0 Å². The molecule has 0 saturated heterocycles. The first-order valence-corrected chi connectivity index (χ1v) is 6.75. The Labute approximate surface area is 105 Å². The van der Waals surface area contributed by atoms with Crippen LogP contribution in [0.25, 0.3) is 0 Å². The van der Waals surface area contributed by atoms with Gasteiger partial charge in [-0.05, 0) is 31.7 Å². The fourth-order valence-corrected chi connectivity index (χ4v) is 2.84. The second-order valence-electron chi connectivity index (χ2n) is 4.87. The molecular weight excluding hydrogens is 216 g/mol. The molecule has 2 N–H and O–H groups in total. The highest BCUT2D eigenvalue weighted by atomic mass is 16.5. The quantitative estimate of drug-likeness (QED) is 0.617. The lowest BCUT2D eigenvalue weighted by atomic mass is 10.0. The molecule has 2 atom stereocenters. The molecule has 0 aromatic rings. The zero-order valence-corrected chi connectivity index (χ0v) is 11.4. The van der Waals surface area contributed by atoms with Gasteiger partial charge in [0.15, 0.2) is 0 Å². The van der Waals surface area contributed by atoms with E-state index in [4.69, 9.17) is 15.2 Å². The molecule has 4 heteroatoms. The lowest BCUT2D eigenvalue weighted by Crippen LogP contribution is -2.42. The van der Waals surface area contributed by atoms with Crippen molar-refractivity contribution in [1.82, 2.24) is 4.90 Å². The number of methoxy groups -OCH3 is 2. The van der Waals surface area contributed by atoms with Crippen molar-refractivity contribution in [2.45, 2.75) is 31.7 Å². The van der Waals surface area contributed by atoms with Gasteiger partial charge in [-0.2, -0.15) is 0 Å². The minimum absolute atomic E-state index is 0.659. The van der Waals surface area contributed by atoms with Crippen molar-refractivity contribution in [2.75, 3.05) is 47.1 Å². The van der Waals surface area contributed by atoms with Crippen molar-refractivity contribution in [3.63, 3.8) is 0 Å². The van der Waals surface area contributed by atoms with Crippen LogP contribution in [-0.2, 0) is 9.47 Å². The van der Waals surface area contributed by atoms with E-state index in [1.54, 1.807) is 14.2 Å². The van der Waals surface area contributed by atoms with E-state index in [0.717, 1.165) is 39.3 Å². The molecule has 0 aliphatic heterocycles. The smallest absolute Gasteiger partial charge is 0.0589 e. The average Bonchev–Trinajstić information content (AvgIpc) is 2.81. The minimum Gasteiger partial charge on any atom is -0.385 e. The third-order valence-electron chi connectivity index (χ3n) is 3.77. The summed E-state index contributed by atoms with van der Waals surface area (Å²) < 4.78 is 10.3. The molecule has 0 heterocycles. The van der Waals surface area contributed by atoms with Crippen molar-refractivity contribution >= 4 is 0 Å². The molecule has 1 aliphatic carbocycles. The van der Waals surface area contributed by atoms with Gasteiger partial charge in [0.2, 0.25) is 0 Å². The van der Waals surface area contributed by atoms with Gasteiger partial charge in [-0.25, -0.2) is 0 Å². The third-order valence-corrected chi connectivity index (χ3v) is 3.77. The summed E-state index contributed by atoms with van der Waals surface area (Å²) in [6.45, 7) is 4.57. The molecule has 0 bridgehead atoms. The Morgan fingerprint density at radius 3 is 2.53 bits per heavy atom. The Morgan fingerprint density at radius 2 is 1.88 bits per heavy atom. The van der Waals surface area contributed by atoms with Crippen molar-refractivity contribution in [3.8, 4) is 0 Å². The predicted octanol–water partition coefficient (Wildman–Crippen LogP) is 1.10. The standard InChI is InChI=1S/C13H28N2O2/c1-16-9-4-7-15(8-10-17-2)13-6-3-5-12(13)11-14/h12-13H,3-11,14H2,1-2H3. The van der Waals surface area contributed by atoms with Crippen LogP contribution in [0.5, 0.6) is 0 Å². The molecule has 1 aliphatic rings. The molecule has 0 spiro atoms. The lowest BCUT2D eigenvalue weighted by molar-refractivity contribution is 0.0928. The van der Waals surface area contributed by atoms with Crippen LogP contribution in [0, 0.1) is 5.92 Å². The highest BCUT2D eigenvalue weighted by Crippen LogP contribution is 2.29. The summed E-state index contributed by atoms with van der Waals surface area (Å²) in [6, 6.07) is 0.659. The molecule has 0 amide bonds.